The van der Waals surface area contributed by atoms with E-state index in [4.69, 9.17) is 26.7 Å². The topological polar surface area (TPSA) is 143 Å². The molecule has 1 amide bonds. The van der Waals surface area contributed by atoms with Gasteiger partial charge in [0.2, 0.25) is 0 Å². The van der Waals surface area contributed by atoms with Crippen LogP contribution in [0.15, 0.2) is 0 Å². The molecule has 0 aromatic rings. The molecule has 2 atom stereocenters. The van der Waals surface area contributed by atoms with Crippen LogP contribution < -0.4 is 22.5 Å². The molecule has 0 spiro atoms. The van der Waals surface area contributed by atoms with Crippen molar-refractivity contribution in [3.05, 3.63) is 0 Å². The molecular weight excluding hydrogens is 396 g/mol. The van der Waals surface area contributed by atoms with Gasteiger partial charge in [-0.2, -0.15) is 0 Å². The first-order valence-electron chi connectivity index (χ1n) is 11.6. The van der Waals surface area contributed by atoms with Crippen molar-refractivity contribution in [1.82, 2.24) is 5.32 Å². The Bertz CT molecular complexity index is 529. The Kier molecular flexibility index (Phi) is 13.3. The van der Waals surface area contributed by atoms with Crippen LogP contribution in [-0.2, 0) is 14.3 Å². The van der Waals surface area contributed by atoms with Crippen molar-refractivity contribution in [3.63, 3.8) is 0 Å². The predicted octanol–water partition coefficient (Wildman–Crippen LogP) is 3.20. The number of hydrogen-bond acceptors (Lipinski definition) is 7. The highest BCUT2D eigenvalue weighted by Gasteiger charge is 2.43. The van der Waals surface area contributed by atoms with E-state index in [1.807, 2.05) is 41.5 Å². The van der Waals surface area contributed by atoms with Crippen molar-refractivity contribution in [2.24, 2.45) is 23.1 Å². The Balaban J connectivity index is 4.91. The van der Waals surface area contributed by atoms with Crippen LogP contribution in [0.5, 0.6) is 0 Å². The van der Waals surface area contributed by atoms with Crippen molar-refractivity contribution < 1.29 is 19.1 Å². The second-order valence-electron chi connectivity index (χ2n) is 10.4. The molecule has 0 saturated heterocycles. The fourth-order valence-corrected chi connectivity index (χ4v) is 3.37. The molecule has 0 radical (unpaired) electrons. The van der Waals surface area contributed by atoms with Gasteiger partial charge in [0.15, 0.2) is 0 Å². The van der Waals surface area contributed by atoms with E-state index in [1.165, 1.54) is 0 Å². The SMILES string of the molecule is CC(C)(C)OC(=O)NCCCCC(N)(C(=O)OC(C)(C)C)C(CN)CCCCCCN. The number of rotatable bonds is 14. The van der Waals surface area contributed by atoms with Crippen LogP contribution in [-0.4, -0.2) is 48.4 Å². The minimum Gasteiger partial charge on any atom is -0.459 e. The summed E-state index contributed by atoms with van der Waals surface area (Å²) in [7, 11) is 0. The van der Waals surface area contributed by atoms with Crippen LogP contribution in [0, 0.1) is 5.92 Å². The highest BCUT2D eigenvalue weighted by molar-refractivity contribution is 5.81. The molecule has 2 unspecified atom stereocenters. The Morgan fingerprint density at radius 2 is 1.42 bits per heavy atom. The molecule has 0 bridgehead atoms. The number of nitrogens with two attached hydrogens (primary N) is 3. The summed E-state index contributed by atoms with van der Waals surface area (Å²) >= 11 is 0. The van der Waals surface area contributed by atoms with Crippen LogP contribution in [0.2, 0.25) is 0 Å². The number of carbonyl (C=O) groups excluding carboxylic acids is 2. The number of esters is 1. The average molecular weight is 445 g/mol. The summed E-state index contributed by atoms with van der Waals surface area (Å²) in [5, 5.41) is 2.74. The second kappa shape index (κ2) is 13.9. The van der Waals surface area contributed by atoms with E-state index in [-0.39, 0.29) is 5.92 Å². The lowest BCUT2D eigenvalue weighted by Crippen LogP contribution is -2.58. The van der Waals surface area contributed by atoms with Crippen molar-refractivity contribution in [2.45, 2.75) is 110 Å². The Morgan fingerprint density at radius 3 is 1.94 bits per heavy atom. The lowest BCUT2D eigenvalue weighted by Gasteiger charge is -2.37. The Hall–Kier alpha value is -1.38. The average Bonchev–Trinajstić information content (AvgIpc) is 2.61. The van der Waals surface area contributed by atoms with E-state index >= 15 is 0 Å². The molecule has 8 heteroatoms. The van der Waals surface area contributed by atoms with Gasteiger partial charge in [0.05, 0.1) is 0 Å². The molecule has 184 valence electrons. The van der Waals surface area contributed by atoms with Gasteiger partial charge in [-0.1, -0.05) is 19.3 Å². The molecule has 0 saturated carbocycles. The van der Waals surface area contributed by atoms with E-state index in [9.17, 15) is 9.59 Å². The summed E-state index contributed by atoms with van der Waals surface area (Å²) in [6.07, 6.45) is 6.16. The van der Waals surface area contributed by atoms with Gasteiger partial charge in [-0.25, -0.2) is 4.79 Å². The summed E-state index contributed by atoms with van der Waals surface area (Å²) in [5.74, 6) is -0.573. The molecule has 8 nitrogen and oxygen atoms in total. The number of nitrogens with one attached hydrogen (secondary N) is 1. The molecular formula is C23H48N4O4. The maximum atomic E-state index is 13.0. The minimum absolute atomic E-state index is 0.168. The fourth-order valence-electron chi connectivity index (χ4n) is 3.37. The largest absolute Gasteiger partial charge is 0.459 e. The molecule has 0 aromatic carbocycles. The molecule has 0 aliphatic rings. The first-order valence-corrected chi connectivity index (χ1v) is 11.6. The summed E-state index contributed by atoms with van der Waals surface area (Å²) < 4.78 is 10.9. The van der Waals surface area contributed by atoms with Gasteiger partial charge in [-0.3, -0.25) is 4.79 Å². The molecule has 0 fully saturated rings. The number of amides is 1. The monoisotopic (exact) mass is 444 g/mol. The zero-order chi connectivity index (χ0) is 24.1. The van der Waals surface area contributed by atoms with Gasteiger partial charge in [-0.15, -0.1) is 0 Å². The van der Waals surface area contributed by atoms with Gasteiger partial charge < -0.3 is 32.0 Å². The number of ether oxygens (including phenoxy) is 2. The van der Waals surface area contributed by atoms with E-state index < -0.39 is 28.8 Å². The van der Waals surface area contributed by atoms with Crippen molar-refractivity contribution in [2.75, 3.05) is 19.6 Å². The molecule has 0 aromatic heterocycles. The maximum absolute atomic E-state index is 13.0. The highest BCUT2D eigenvalue weighted by atomic mass is 16.6. The molecule has 0 heterocycles. The van der Waals surface area contributed by atoms with Gasteiger partial charge in [-0.05, 0) is 92.7 Å². The summed E-state index contributed by atoms with van der Waals surface area (Å²) in [6, 6.07) is 0. The zero-order valence-corrected chi connectivity index (χ0v) is 20.7. The maximum Gasteiger partial charge on any atom is 0.407 e. The summed E-state index contributed by atoms with van der Waals surface area (Å²) in [6.45, 7) is 12.4. The van der Waals surface area contributed by atoms with Crippen molar-refractivity contribution in [1.29, 1.82) is 0 Å². The molecule has 0 rings (SSSR count). The quantitative estimate of drug-likeness (QED) is 0.238. The summed E-state index contributed by atoms with van der Waals surface area (Å²) in [5.41, 5.74) is 16.0. The summed E-state index contributed by atoms with van der Waals surface area (Å²) in [4.78, 5) is 24.8. The number of carbonyl (C=O) groups is 2. The van der Waals surface area contributed by atoms with E-state index in [1.54, 1.807) is 0 Å². The van der Waals surface area contributed by atoms with E-state index in [0.717, 1.165) is 32.1 Å². The highest BCUT2D eigenvalue weighted by Crippen LogP contribution is 2.29. The molecule has 0 aliphatic heterocycles. The Morgan fingerprint density at radius 1 is 0.839 bits per heavy atom. The predicted molar refractivity (Wildman–Crippen MR) is 126 cm³/mol. The molecule has 0 aliphatic carbocycles. The van der Waals surface area contributed by atoms with Gasteiger partial charge in [0, 0.05) is 6.54 Å². The third-order valence-electron chi connectivity index (χ3n) is 4.98. The van der Waals surface area contributed by atoms with Gasteiger partial charge >= 0.3 is 12.1 Å². The molecule has 7 N–H and O–H groups in total. The number of unbranched alkanes of at least 4 members (excludes halogenated alkanes) is 4. The van der Waals surface area contributed by atoms with Crippen LogP contribution in [0.4, 0.5) is 4.79 Å². The standard InChI is InChI=1S/C23H48N4O4/c1-21(2,3)30-19(28)23(26,18(17-25)13-9-7-8-11-15-24)14-10-12-16-27-20(29)31-22(4,5)6/h18H,7-17,24-26H2,1-6H3,(H,27,29). The van der Waals surface area contributed by atoms with Gasteiger partial charge in [0.1, 0.15) is 16.7 Å². The third-order valence-corrected chi connectivity index (χ3v) is 4.98. The lowest BCUT2D eigenvalue weighted by atomic mass is 9.77. The van der Waals surface area contributed by atoms with Crippen molar-refractivity contribution >= 4 is 12.1 Å². The van der Waals surface area contributed by atoms with Crippen LogP contribution in [0.25, 0.3) is 0 Å². The smallest absolute Gasteiger partial charge is 0.407 e. The zero-order valence-electron chi connectivity index (χ0n) is 20.7. The van der Waals surface area contributed by atoms with E-state index in [2.05, 4.69) is 5.32 Å². The normalized spacial score (nSPS) is 15.1. The number of hydrogen-bond donors (Lipinski definition) is 4. The first-order chi connectivity index (χ1) is 14.2. The second-order valence-corrected chi connectivity index (χ2v) is 10.4. The number of alkyl carbamates (subject to hydrolysis) is 1. The van der Waals surface area contributed by atoms with Crippen LogP contribution in [0.1, 0.15) is 92.9 Å². The van der Waals surface area contributed by atoms with E-state index in [0.29, 0.717) is 38.9 Å². The molecule has 31 heavy (non-hydrogen) atoms. The van der Waals surface area contributed by atoms with Crippen LogP contribution >= 0.6 is 0 Å². The minimum atomic E-state index is -1.15. The fraction of sp³-hybridized carbons (Fsp3) is 0.913. The van der Waals surface area contributed by atoms with Crippen molar-refractivity contribution in [3.8, 4) is 0 Å². The van der Waals surface area contributed by atoms with Gasteiger partial charge in [0.25, 0.3) is 0 Å². The first kappa shape index (κ1) is 29.6. The Labute approximate surface area is 189 Å². The van der Waals surface area contributed by atoms with Crippen LogP contribution in [0.3, 0.4) is 0 Å². The lowest BCUT2D eigenvalue weighted by molar-refractivity contribution is -0.164. The third kappa shape index (κ3) is 13.6.